The van der Waals surface area contributed by atoms with E-state index >= 15 is 0 Å². The minimum atomic E-state index is 0.676. The summed E-state index contributed by atoms with van der Waals surface area (Å²) in [5.41, 5.74) is 3.90. The van der Waals surface area contributed by atoms with E-state index in [-0.39, 0.29) is 0 Å². The Labute approximate surface area is 180 Å². The second-order valence-corrected chi connectivity index (χ2v) is 9.93. The fourth-order valence-electron chi connectivity index (χ4n) is 2.85. The van der Waals surface area contributed by atoms with Crippen molar-refractivity contribution in [2.75, 3.05) is 5.75 Å². The Hall–Kier alpha value is -1.51. The molecule has 0 amide bonds. The minimum Gasteiger partial charge on any atom is -0.135 e. The van der Waals surface area contributed by atoms with Crippen molar-refractivity contribution in [3.8, 4) is 10.4 Å². The van der Waals surface area contributed by atoms with Gasteiger partial charge in [0.2, 0.25) is 0 Å². The fraction of sp³-hybridized carbons (Fsp3) is 0.385. The molecule has 1 heterocycles. The molecule has 28 heavy (non-hydrogen) atoms. The van der Waals surface area contributed by atoms with Gasteiger partial charge in [-0.3, -0.25) is 0 Å². The monoisotopic (exact) mass is 410 g/mol. The van der Waals surface area contributed by atoms with Crippen molar-refractivity contribution in [2.45, 2.75) is 58.8 Å². The second kappa shape index (κ2) is 11.5. The molecule has 150 valence electrons. The highest BCUT2D eigenvalue weighted by molar-refractivity contribution is 7.99. The summed E-state index contributed by atoms with van der Waals surface area (Å²) in [5.74, 6) is 1.82. The number of hydrogen-bond donors (Lipinski definition) is 0. The lowest BCUT2D eigenvalue weighted by Crippen LogP contribution is -1.98. The summed E-state index contributed by atoms with van der Waals surface area (Å²) in [6.45, 7) is 14.9. The van der Waals surface area contributed by atoms with Crippen LogP contribution in [0.25, 0.3) is 20.5 Å². The van der Waals surface area contributed by atoms with Crippen LogP contribution in [-0.4, -0.2) is 5.75 Å². The molecule has 0 bridgehead atoms. The van der Waals surface area contributed by atoms with Crippen molar-refractivity contribution in [2.24, 2.45) is 5.92 Å². The topological polar surface area (TPSA) is 0 Å². The third-order valence-corrected chi connectivity index (χ3v) is 7.03. The van der Waals surface area contributed by atoms with Gasteiger partial charge in [0.1, 0.15) is 0 Å². The molecule has 1 atom stereocenters. The van der Waals surface area contributed by atoms with Gasteiger partial charge in [0.15, 0.2) is 0 Å². The molecule has 0 fully saturated rings. The number of thioether (sulfide) groups is 1. The molecule has 3 aromatic rings. The lowest BCUT2D eigenvalue weighted by Gasteiger charge is -2.10. The SMILES string of the molecule is C=C(C)CC(C)CSc1ccc2cc(-c3ccc(C)cc3)sc2c1.CCCC. The molecule has 2 heteroatoms. The molecule has 0 spiro atoms. The Bertz CT molecular complexity index is 869. The van der Waals surface area contributed by atoms with Gasteiger partial charge < -0.3 is 0 Å². The first-order valence-electron chi connectivity index (χ1n) is 10.3. The molecule has 0 saturated heterocycles. The third kappa shape index (κ3) is 7.14. The summed E-state index contributed by atoms with van der Waals surface area (Å²) in [4.78, 5) is 2.72. The van der Waals surface area contributed by atoms with Crippen molar-refractivity contribution < 1.29 is 0 Å². The van der Waals surface area contributed by atoms with Crippen molar-refractivity contribution >= 4 is 33.2 Å². The molecule has 0 N–H and O–H groups in total. The van der Waals surface area contributed by atoms with Gasteiger partial charge in [-0.15, -0.1) is 29.7 Å². The van der Waals surface area contributed by atoms with E-state index < -0.39 is 0 Å². The quantitative estimate of drug-likeness (QED) is 0.276. The molecular weight excluding hydrogens is 376 g/mol. The number of fused-ring (bicyclic) bond motifs is 1. The second-order valence-electron chi connectivity index (χ2n) is 7.75. The summed E-state index contributed by atoms with van der Waals surface area (Å²) in [6, 6.07) is 18.0. The van der Waals surface area contributed by atoms with Gasteiger partial charge in [0.25, 0.3) is 0 Å². The minimum absolute atomic E-state index is 0.676. The first-order chi connectivity index (χ1) is 13.4. The number of unbranched alkanes of at least 4 members (excludes halogenated alkanes) is 1. The molecule has 0 aliphatic carbocycles. The normalized spacial score (nSPS) is 11.8. The summed E-state index contributed by atoms with van der Waals surface area (Å²) in [5, 5.41) is 1.34. The smallest absolute Gasteiger partial charge is 0.0360 e. The zero-order valence-electron chi connectivity index (χ0n) is 18.0. The molecule has 1 unspecified atom stereocenters. The van der Waals surface area contributed by atoms with Crippen LogP contribution in [0.1, 0.15) is 52.5 Å². The van der Waals surface area contributed by atoms with E-state index in [1.54, 1.807) is 0 Å². The molecule has 2 aromatic carbocycles. The molecule has 3 rings (SSSR count). The Kier molecular flexibility index (Phi) is 9.34. The van der Waals surface area contributed by atoms with Crippen molar-refractivity contribution in [1.82, 2.24) is 0 Å². The number of aryl methyl sites for hydroxylation is 1. The zero-order valence-corrected chi connectivity index (χ0v) is 19.7. The first-order valence-corrected chi connectivity index (χ1v) is 12.1. The third-order valence-electron chi connectivity index (χ3n) is 4.56. The van der Waals surface area contributed by atoms with Crippen LogP contribution in [0.5, 0.6) is 0 Å². The predicted molar refractivity (Wildman–Crippen MR) is 132 cm³/mol. The summed E-state index contributed by atoms with van der Waals surface area (Å²) >= 11 is 3.85. The predicted octanol–water partition coefficient (Wildman–Crippen LogP) is 9.38. The Morgan fingerprint density at radius 3 is 2.32 bits per heavy atom. The number of rotatable bonds is 7. The number of allylic oxidation sites excluding steroid dienone is 1. The van der Waals surface area contributed by atoms with Crippen LogP contribution >= 0.6 is 23.1 Å². The molecule has 0 saturated carbocycles. The van der Waals surface area contributed by atoms with Gasteiger partial charge in [0.05, 0.1) is 0 Å². The maximum Gasteiger partial charge on any atom is 0.0360 e. The highest BCUT2D eigenvalue weighted by atomic mass is 32.2. The van der Waals surface area contributed by atoms with Crippen molar-refractivity contribution in [3.05, 3.63) is 66.2 Å². The van der Waals surface area contributed by atoms with E-state index in [1.165, 1.54) is 49.4 Å². The van der Waals surface area contributed by atoms with Crippen molar-refractivity contribution in [3.63, 3.8) is 0 Å². The van der Waals surface area contributed by atoms with Gasteiger partial charge >= 0.3 is 0 Å². The van der Waals surface area contributed by atoms with Crippen LogP contribution in [0.4, 0.5) is 0 Å². The average Bonchev–Trinajstić information content (AvgIpc) is 3.10. The lowest BCUT2D eigenvalue weighted by molar-refractivity contribution is 0.655. The van der Waals surface area contributed by atoms with Crippen molar-refractivity contribution in [1.29, 1.82) is 0 Å². The van der Waals surface area contributed by atoms with Crippen LogP contribution in [0, 0.1) is 12.8 Å². The molecular formula is C26H34S2. The van der Waals surface area contributed by atoms with E-state index in [0.29, 0.717) is 5.92 Å². The van der Waals surface area contributed by atoms with E-state index in [4.69, 9.17) is 0 Å². The lowest BCUT2D eigenvalue weighted by atomic mass is 10.1. The largest absolute Gasteiger partial charge is 0.135 e. The summed E-state index contributed by atoms with van der Waals surface area (Å²) in [7, 11) is 0. The van der Waals surface area contributed by atoms with E-state index in [9.17, 15) is 0 Å². The summed E-state index contributed by atoms with van der Waals surface area (Å²) in [6.07, 6.45) is 3.76. The number of benzene rings is 2. The highest BCUT2D eigenvalue weighted by Crippen LogP contribution is 2.36. The Morgan fingerprint density at radius 1 is 1.04 bits per heavy atom. The van der Waals surface area contributed by atoms with Gasteiger partial charge in [0, 0.05) is 20.2 Å². The maximum atomic E-state index is 4.02. The van der Waals surface area contributed by atoms with Gasteiger partial charge in [-0.25, -0.2) is 0 Å². The molecule has 0 aliphatic rings. The van der Waals surface area contributed by atoms with Gasteiger partial charge in [-0.2, -0.15) is 0 Å². The van der Waals surface area contributed by atoms with Crippen LogP contribution in [-0.2, 0) is 0 Å². The average molecular weight is 411 g/mol. The van der Waals surface area contributed by atoms with E-state index in [2.05, 4.69) is 89.7 Å². The van der Waals surface area contributed by atoms with Crippen LogP contribution in [0.2, 0.25) is 0 Å². The van der Waals surface area contributed by atoms with E-state index in [0.717, 1.165) is 12.2 Å². The fourth-order valence-corrected chi connectivity index (χ4v) is 5.00. The molecule has 1 aromatic heterocycles. The number of hydrogen-bond acceptors (Lipinski definition) is 2. The Balaban J connectivity index is 0.000000640. The van der Waals surface area contributed by atoms with Crippen LogP contribution in [0.15, 0.2) is 65.6 Å². The highest BCUT2D eigenvalue weighted by Gasteiger charge is 2.07. The maximum absolute atomic E-state index is 4.02. The van der Waals surface area contributed by atoms with Gasteiger partial charge in [-0.05, 0) is 55.3 Å². The van der Waals surface area contributed by atoms with E-state index in [1.807, 2.05) is 23.1 Å². The first kappa shape index (κ1) is 22.8. The van der Waals surface area contributed by atoms with Gasteiger partial charge in [-0.1, -0.05) is 75.1 Å². The zero-order chi connectivity index (χ0) is 20.5. The Morgan fingerprint density at radius 2 is 1.71 bits per heavy atom. The number of thiophene rings is 1. The molecule has 0 radical (unpaired) electrons. The molecule has 0 nitrogen and oxygen atoms in total. The van der Waals surface area contributed by atoms with Crippen LogP contribution < -0.4 is 0 Å². The van der Waals surface area contributed by atoms with Crippen LogP contribution in [0.3, 0.4) is 0 Å². The molecule has 0 aliphatic heterocycles. The standard InChI is InChI=1S/C22H24S2.C4H10/c1-15(2)11-17(4)14-23-20-10-9-19-12-21(24-22(19)13-20)18-7-5-16(3)6-8-18;1-3-4-2/h5-10,12-13,17H,1,11,14H2,2-4H3;3-4H2,1-2H3. The summed E-state index contributed by atoms with van der Waals surface area (Å²) < 4.78 is 1.38.